The van der Waals surface area contributed by atoms with E-state index < -0.39 is 17.5 Å². The Labute approximate surface area is 180 Å². The topological polar surface area (TPSA) is 120 Å². The highest BCUT2D eigenvalue weighted by Crippen LogP contribution is 2.36. The van der Waals surface area contributed by atoms with Gasteiger partial charge in [-0.2, -0.15) is 0 Å². The van der Waals surface area contributed by atoms with Crippen LogP contribution in [0.5, 0.6) is 5.75 Å². The molecule has 0 radical (unpaired) electrons. The maximum absolute atomic E-state index is 13.3. The van der Waals surface area contributed by atoms with Crippen molar-refractivity contribution in [1.82, 2.24) is 9.88 Å². The summed E-state index contributed by atoms with van der Waals surface area (Å²) < 4.78 is 5.22. The fraction of sp³-hybridized carbons (Fsp3) is 0.435. The summed E-state index contributed by atoms with van der Waals surface area (Å²) >= 11 is 0. The Morgan fingerprint density at radius 2 is 2.03 bits per heavy atom. The third kappa shape index (κ3) is 4.49. The Morgan fingerprint density at radius 1 is 1.29 bits per heavy atom. The molecular formula is C23H28N2O6. The molecule has 1 aromatic heterocycles. The van der Waals surface area contributed by atoms with Crippen molar-refractivity contribution < 1.29 is 24.5 Å². The lowest BCUT2D eigenvalue weighted by Gasteiger charge is -2.43. The molecule has 8 heteroatoms. The van der Waals surface area contributed by atoms with Gasteiger partial charge in [0.2, 0.25) is 5.56 Å². The molecule has 1 aliphatic rings. The summed E-state index contributed by atoms with van der Waals surface area (Å²) in [6.07, 6.45) is -0.921. The number of benzene rings is 1. The third-order valence-corrected chi connectivity index (χ3v) is 5.91. The Hall–Kier alpha value is -3.13. The number of aliphatic hydroxyl groups is 1. The van der Waals surface area contributed by atoms with Crippen LogP contribution in [0.4, 0.5) is 0 Å². The van der Waals surface area contributed by atoms with Crippen molar-refractivity contribution in [2.45, 2.75) is 38.7 Å². The number of amides is 1. The molecular weight excluding hydrogens is 400 g/mol. The van der Waals surface area contributed by atoms with Crippen molar-refractivity contribution in [2.24, 2.45) is 5.41 Å². The number of hydrogen-bond acceptors (Lipinski definition) is 5. The molecule has 1 saturated heterocycles. The van der Waals surface area contributed by atoms with Gasteiger partial charge >= 0.3 is 5.97 Å². The molecule has 8 nitrogen and oxygen atoms in total. The molecule has 0 bridgehead atoms. The summed E-state index contributed by atoms with van der Waals surface area (Å²) in [6.45, 7) is 3.82. The van der Waals surface area contributed by atoms with E-state index in [1.165, 1.54) is 24.1 Å². The van der Waals surface area contributed by atoms with E-state index >= 15 is 0 Å². The molecule has 31 heavy (non-hydrogen) atoms. The number of aromatic amines is 1. The number of aliphatic hydroxyl groups excluding tert-OH is 1. The lowest BCUT2D eigenvalue weighted by atomic mass is 9.72. The number of carboxylic acid groups (broad SMARTS) is 1. The van der Waals surface area contributed by atoms with Gasteiger partial charge in [0.1, 0.15) is 11.2 Å². The van der Waals surface area contributed by atoms with Crippen LogP contribution in [0.15, 0.2) is 41.2 Å². The number of rotatable bonds is 6. The van der Waals surface area contributed by atoms with Gasteiger partial charge in [-0.05, 0) is 42.5 Å². The van der Waals surface area contributed by atoms with Gasteiger partial charge in [0.25, 0.3) is 5.91 Å². The molecule has 2 atom stereocenters. The number of carbonyl (C=O) groups excluding carboxylic acids is 1. The number of carboxylic acids is 1. The molecule has 0 aliphatic carbocycles. The normalized spacial score (nSPS) is 21.2. The Morgan fingerprint density at radius 3 is 2.68 bits per heavy atom. The zero-order valence-electron chi connectivity index (χ0n) is 17.9. The van der Waals surface area contributed by atoms with Crippen LogP contribution < -0.4 is 10.3 Å². The molecule has 2 aromatic rings. The number of nitrogens with zero attached hydrogens (tertiary/aromatic N) is 1. The standard InChI is InChI=1S/C23H28N2O6/c1-14(2)20-17(7-8-19(27)24-20)21(28)25-10-9-18(26)23(13-25,22(29)30)12-15-5-4-6-16(11-15)31-3/h4-8,11,14,18,26H,9-10,12-13H2,1-3H3,(H,24,27)(H,29,30)/t18-,23+/m0/s1. The maximum atomic E-state index is 13.3. The minimum absolute atomic E-state index is 0.0488. The molecule has 1 aromatic carbocycles. The van der Waals surface area contributed by atoms with Crippen molar-refractivity contribution in [3.05, 3.63) is 63.6 Å². The molecule has 1 amide bonds. The number of H-pyrrole nitrogens is 1. The first-order valence-corrected chi connectivity index (χ1v) is 10.2. The zero-order valence-corrected chi connectivity index (χ0v) is 17.9. The van der Waals surface area contributed by atoms with Crippen LogP contribution in [0.3, 0.4) is 0 Å². The van der Waals surface area contributed by atoms with Crippen LogP contribution >= 0.6 is 0 Å². The van der Waals surface area contributed by atoms with Crippen LogP contribution in [0.2, 0.25) is 0 Å². The van der Waals surface area contributed by atoms with Gasteiger partial charge in [-0.25, -0.2) is 0 Å². The minimum atomic E-state index is -1.56. The van der Waals surface area contributed by atoms with E-state index in [9.17, 15) is 24.6 Å². The molecule has 2 heterocycles. The van der Waals surface area contributed by atoms with Crippen molar-refractivity contribution >= 4 is 11.9 Å². The number of likely N-dealkylation sites (tertiary alicyclic amines) is 1. The zero-order chi connectivity index (χ0) is 22.8. The number of hydrogen-bond donors (Lipinski definition) is 3. The molecule has 0 spiro atoms. The Bertz CT molecular complexity index is 1030. The predicted octanol–water partition coefficient (Wildman–Crippen LogP) is 2.03. The number of aromatic nitrogens is 1. The summed E-state index contributed by atoms with van der Waals surface area (Å²) in [5.41, 5.74) is -0.307. The first kappa shape index (κ1) is 22.6. The number of carbonyl (C=O) groups is 2. The number of pyridine rings is 1. The SMILES string of the molecule is COc1cccc(C[C@@]2(C(=O)O)CN(C(=O)c3ccc(=O)[nH]c3C(C)C)CC[C@@H]2O)c1. The summed E-state index contributed by atoms with van der Waals surface area (Å²) in [5.74, 6) is -1.02. The van der Waals surface area contributed by atoms with E-state index in [0.29, 0.717) is 22.6 Å². The average molecular weight is 428 g/mol. The molecule has 0 saturated carbocycles. The maximum Gasteiger partial charge on any atom is 0.314 e. The number of piperidine rings is 1. The minimum Gasteiger partial charge on any atom is -0.497 e. The molecule has 3 N–H and O–H groups in total. The van der Waals surface area contributed by atoms with Crippen LogP contribution in [-0.4, -0.2) is 58.3 Å². The van der Waals surface area contributed by atoms with Gasteiger partial charge in [-0.1, -0.05) is 26.0 Å². The van der Waals surface area contributed by atoms with Crippen LogP contribution in [-0.2, 0) is 11.2 Å². The van der Waals surface area contributed by atoms with E-state index in [1.54, 1.807) is 24.3 Å². The average Bonchev–Trinajstić information content (AvgIpc) is 2.74. The molecule has 0 unspecified atom stereocenters. The van der Waals surface area contributed by atoms with Crippen LogP contribution in [0.1, 0.15) is 47.8 Å². The van der Waals surface area contributed by atoms with Crippen molar-refractivity contribution in [3.8, 4) is 5.75 Å². The number of aliphatic carboxylic acids is 1. The predicted molar refractivity (Wildman–Crippen MR) is 114 cm³/mol. The van der Waals surface area contributed by atoms with Gasteiger partial charge in [-0.3, -0.25) is 14.4 Å². The quantitative estimate of drug-likeness (QED) is 0.648. The highest BCUT2D eigenvalue weighted by atomic mass is 16.5. The van der Waals surface area contributed by atoms with Gasteiger partial charge in [-0.15, -0.1) is 0 Å². The lowest BCUT2D eigenvalue weighted by molar-refractivity contribution is -0.161. The molecule has 1 aliphatic heterocycles. The smallest absolute Gasteiger partial charge is 0.314 e. The monoisotopic (exact) mass is 428 g/mol. The van der Waals surface area contributed by atoms with E-state index in [-0.39, 0.29) is 43.3 Å². The molecule has 166 valence electrons. The van der Waals surface area contributed by atoms with Crippen molar-refractivity contribution in [3.63, 3.8) is 0 Å². The van der Waals surface area contributed by atoms with E-state index in [0.717, 1.165) is 0 Å². The van der Waals surface area contributed by atoms with E-state index in [1.807, 2.05) is 13.8 Å². The lowest BCUT2D eigenvalue weighted by Crippen LogP contribution is -2.58. The highest BCUT2D eigenvalue weighted by molar-refractivity contribution is 5.96. The van der Waals surface area contributed by atoms with E-state index in [4.69, 9.17) is 4.74 Å². The van der Waals surface area contributed by atoms with Crippen molar-refractivity contribution in [2.75, 3.05) is 20.2 Å². The Kier molecular flexibility index (Phi) is 6.50. The van der Waals surface area contributed by atoms with E-state index in [2.05, 4.69) is 4.98 Å². The second kappa shape index (κ2) is 8.93. The summed E-state index contributed by atoms with van der Waals surface area (Å²) in [4.78, 5) is 41.6. The second-order valence-corrected chi connectivity index (χ2v) is 8.33. The van der Waals surface area contributed by atoms with Gasteiger partial charge in [0.05, 0.1) is 18.8 Å². The van der Waals surface area contributed by atoms with Gasteiger partial charge in [0, 0.05) is 24.8 Å². The number of ether oxygens (including phenoxy) is 1. The van der Waals surface area contributed by atoms with Crippen LogP contribution in [0.25, 0.3) is 0 Å². The van der Waals surface area contributed by atoms with Crippen molar-refractivity contribution in [1.29, 1.82) is 0 Å². The van der Waals surface area contributed by atoms with Gasteiger partial charge < -0.3 is 24.8 Å². The Balaban J connectivity index is 1.95. The fourth-order valence-electron chi connectivity index (χ4n) is 4.16. The van der Waals surface area contributed by atoms with Crippen LogP contribution in [0, 0.1) is 5.41 Å². The molecule has 3 rings (SSSR count). The number of methoxy groups -OCH3 is 1. The highest BCUT2D eigenvalue weighted by Gasteiger charge is 2.50. The second-order valence-electron chi connectivity index (χ2n) is 8.33. The first-order valence-electron chi connectivity index (χ1n) is 10.2. The fourth-order valence-corrected chi connectivity index (χ4v) is 4.16. The first-order chi connectivity index (χ1) is 14.7. The summed E-state index contributed by atoms with van der Waals surface area (Å²) in [6, 6.07) is 9.80. The third-order valence-electron chi connectivity index (χ3n) is 5.91. The summed E-state index contributed by atoms with van der Waals surface area (Å²) in [5, 5.41) is 20.8. The summed E-state index contributed by atoms with van der Waals surface area (Å²) in [7, 11) is 1.53. The molecule has 1 fully saturated rings. The number of nitrogens with one attached hydrogen (secondary N) is 1. The largest absolute Gasteiger partial charge is 0.497 e. The van der Waals surface area contributed by atoms with Gasteiger partial charge in [0.15, 0.2) is 0 Å².